The van der Waals surface area contributed by atoms with E-state index < -0.39 is 6.04 Å². The molecule has 0 aromatic carbocycles. The molecule has 4 N–H and O–H groups in total. The van der Waals surface area contributed by atoms with Gasteiger partial charge in [0, 0.05) is 48.0 Å². The van der Waals surface area contributed by atoms with Crippen molar-refractivity contribution in [3.63, 3.8) is 0 Å². The molecule has 8 heteroatoms. The van der Waals surface area contributed by atoms with Gasteiger partial charge in [-0.25, -0.2) is 4.98 Å². The Bertz CT molecular complexity index is 905. The van der Waals surface area contributed by atoms with Gasteiger partial charge in [-0.05, 0) is 43.5 Å². The molecule has 0 spiro atoms. The second kappa shape index (κ2) is 9.10. The van der Waals surface area contributed by atoms with Crippen molar-refractivity contribution in [1.29, 1.82) is 0 Å². The number of likely N-dealkylation sites (tertiary alicyclic amines) is 1. The Hall–Kier alpha value is -1.86. The molecule has 0 radical (unpaired) electrons. The number of H-pyrrole nitrogens is 1. The summed E-state index contributed by atoms with van der Waals surface area (Å²) < 4.78 is 0. The van der Waals surface area contributed by atoms with Gasteiger partial charge in [-0.1, -0.05) is 29.3 Å². The molecule has 0 bridgehead atoms. The van der Waals surface area contributed by atoms with Crippen molar-refractivity contribution in [3.05, 3.63) is 64.9 Å². The van der Waals surface area contributed by atoms with E-state index in [1.807, 2.05) is 18.2 Å². The minimum Gasteiger partial charge on any atom is -0.348 e. The lowest BCUT2D eigenvalue weighted by molar-refractivity contribution is -0.121. The lowest BCUT2D eigenvalue weighted by atomic mass is 9.71. The summed E-state index contributed by atoms with van der Waals surface area (Å²) in [5, 5.41) is 3.64. The number of hydrogen-bond acceptors (Lipinski definition) is 4. The first-order chi connectivity index (χ1) is 14.4. The number of fused-ring (bicyclic) bond motifs is 1. The van der Waals surface area contributed by atoms with E-state index in [0.29, 0.717) is 17.4 Å². The van der Waals surface area contributed by atoms with E-state index in [9.17, 15) is 4.79 Å². The van der Waals surface area contributed by atoms with E-state index in [1.165, 1.54) is 5.57 Å². The molecule has 2 aliphatic carbocycles. The molecule has 1 aromatic heterocycles. The number of carbonyl (C=O) groups excluding carboxylic acids is 1. The van der Waals surface area contributed by atoms with Crippen LogP contribution in [0.1, 0.15) is 12.1 Å². The van der Waals surface area contributed by atoms with Gasteiger partial charge < -0.3 is 20.9 Å². The van der Waals surface area contributed by atoms with Gasteiger partial charge in [-0.15, -0.1) is 11.6 Å². The summed E-state index contributed by atoms with van der Waals surface area (Å²) in [6, 6.07) is -0.636. The first-order valence-corrected chi connectivity index (χ1v) is 11.0. The number of rotatable bonds is 5. The van der Waals surface area contributed by atoms with Crippen LogP contribution in [-0.2, 0) is 11.2 Å². The summed E-state index contributed by atoms with van der Waals surface area (Å²) in [6.07, 6.45) is 14.6. The smallest absolute Gasteiger partial charge is 0.241 e. The molecule has 3 aliphatic rings. The van der Waals surface area contributed by atoms with E-state index in [0.717, 1.165) is 30.9 Å². The lowest BCUT2D eigenvalue weighted by Crippen LogP contribution is -2.46. The highest BCUT2D eigenvalue weighted by molar-refractivity contribution is 6.32. The molecule has 1 aromatic rings. The summed E-state index contributed by atoms with van der Waals surface area (Å²) in [5.41, 5.74) is 9.13. The number of halogens is 2. The number of amides is 1. The van der Waals surface area contributed by atoms with Gasteiger partial charge in [0.2, 0.25) is 5.91 Å². The molecule has 160 valence electrons. The van der Waals surface area contributed by atoms with Crippen molar-refractivity contribution in [2.24, 2.45) is 23.5 Å². The van der Waals surface area contributed by atoms with Crippen LogP contribution in [0.2, 0.25) is 0 Å². The summed E-state index contributed by atoms with van der Waals surface area (Å²) in [6.45, 7) is 1.86. The molecule has 4 rings (SSSR count). The molecular weight excluding hydrogens is 421 g/mol. The maximum Gasteiger partial charge on any atom is 0.241 e. The maximum atomic E-state index is 12.6. The molecular formula is C22H27Cl2N5O. The highest BCUT2D eigenvalue weighted by Crippen LogP contribution is 2.42. The largest absolute Gasteiger partial charge is 0.348 e. The third-order valence-electron chi connectivity index (χ3n) is 6.12. The summed E-state index contributed by atoms with van der Waals surface area (Å²) >= 11 is 13.0. The van der Waals surface area contributed by atoms with Crippen molar-refractivity contribution < 1.29 is 4.79 Å². The fourth-order valence-electron chi connectivity index (χ4n) is 4.64. The molecule has 4 unspecified atom stereocenters. The van der Waals surface area contributed by atoms with Crippen LogP contribution in [0, 0.1) is 17.8 Å². The van der Waals surface area contributed by atoms with Crippen LogP contribution < -0.4 is 11.1 Å². The number of nitrogens with one attached hydrogen (secondary N) is 2. The highest BCUT2D eigenvalue weighted by Gasteiger charge is 2.39. The Kier molecular flexibility index (Phi) is 6.48. The molecule has 1 fully saturated rings. The van der Waals surface area contributed by atoms with Crippen LogP contribution in [0.5, 0.6) is 0 Å². The van der Waals surface area contributed by atoms with E-state index in [1.54, 1.807) is 12.5 Å². The number of nitrogens with zero attached hydrogens (tertiary/aromatic N) is 2. The number of nitrogens with two attached hydrogens (primary N) is 1. The number of carbonyl (C=O) groups is 1. The zero-order valence-corrected chi connectivity index (χ0v) is 18.4. The molecule has 6 nitrogen and oxygen atoms in total. The molecule has 30 heavy (non-hydrogen) atoms. The molecule has 1 amide bonds. The van der Waals surface area contributed by atoms with E-state index in [-0.39, 0.29) is 23.1 Å². The maximum absolute atomic E-state index is 12.6. The van der Waals surface area contributed by atoms with E-state index in [2.05, 4.69) is 39.4 Å². The normalized spacial score (nSPS) is 30.1. The SMILES string of the molecule is CN1CC2C(=CC(Cl)=CC2Cl)C(C2C=CC=C(NC(=O)[C@@H](N)Cc3cnc[nH]3)C2)C1. The van der Waals surface area contributed by atoms with Crippen LogP contribution in [0.3, 0.4) is 0 Å². The van der Waals surface area contributed by atoms with Crippen LogP contribution >= 0.6 is 23.2 Å². The summed E-state index contributed by atoms with van der Waals surface area (Å²) in [5.74, 6) is 0.635. The Morgan fingerprint density at radius 1 is 1.43 bits per heavy atom. The Morgan fingerprint density at radius 3 is 3.00 bits per heavy atom. The molecule has 5 atom stereocenters. The number of hydrogen-bond donors (Lipinski definition) is 3. The topological polar surface area (TPSA) is 87.0 Å². The first kappa shape index (κ1) is 21.4. The predicted molar refractivity (Wildman–Crippen MR) is 120 cm³/mol. The molecule has 0 saturated carbocycles. The number of allylic oxidation sites excluding steroid dienone is 7. The lowest BCUT2D eigenvalue weighted by Gasteiger charge is -2.44. The van der Waals surface area contributed by atoms with Crippen molar-refractivity contribution in [1.82, 2.24) is 20.2 Å². The van der Waals surface area contributed by atoms with E-state index in [4.69, 9.17) is 28.9 Å². The standard InChI is InChI=1S/C22H27Cl2N5O/c1-29-10-18(17-6-14(23)7-20(24)19(17)11-29)13-3-2-4-15(5-13)28-22(30)21(25)8-16-9-26-12-27-16/h2-4,6-7,9,12-13,18-21H,5,8,10-11,25H2,1H3,(H,26,27)(H,28,30)/t13?,18?,19?,20?,21-/m0/s1. The summed E-state index contributed by atoms with van der Waals surface area (Å²) in [7, 11) is 2.13. The fraction of sp³-hybridized carbons (Fsp3) is 0.455. The van der Waals surface area contributed by atoms with Gasteiger partial charge in [0.15, 0.2) is 0 Å². The van der Waals surface area contributed by atoms with Crippen LogP contribution in [0.4, 0.5) is 0 Å². The van der Waals surface area contributed by atoms with Crippen molar-refractivity contribution in [2.75, 3.05) is 20.1 Å². The predicted octanol–water partition coefficient (Wildman–Crippen LogP) is 2.70. The Balaban J connectivity index is 1.43. The van der Waals surface area contributed by atoms with Gasteiger partial charge in [-0.3, -0.25) is 4.79 Å². The third kappa shape index (κ3) is 4.72. The van der Waals surface area contributed by atoms with Gasteiger partial charge in [0.1, 0.15) is 0 Å². The van der Waals surface area contributed by atoms with E-state index >= 15 is 0 Å². The quantitative estimate of drug-likeness (QED) is 0.605. The van der Waals surface area contributed by atoms with Gasteiger partial charge in [0.05, 0.1) is 17.7 Å². The van der Waals surface area contributed by atoms with Crippen LogP contribution in [0.25, 0.3) is 0 Å². The number of alkyl halides is 1. The van der Waals surface area contributed by atoms with Crippen LogP contribution in [-0.4, -0.2) is 52.3 Å². The average Bonchev–Trinajstić information content (AvgIpc) is 3.21. The van der Waals surface area contributed by atoms with Crippen LogP contribution in [0.15, 0.2) is 59.2 Å². The second-order valence-electron chi connectivity index (χ2n) is 8.40. The number of aromatic nitrogens is 2. The zero-order valence-electron chi connectivity index (χ0n) is 16.9. The monoisotopic (exact) mass is 447 g/mol. The van der Waals surface area contributed by atoms with Gasteiger partial charge in [0.25, 0.3) is 0 Å². The average molecular weight is 448 g/mol. The minimum atomic E-state index is -0.636. The third-order valence-corrected chi connectivity index (χ3v) is 6.79. The van der Waals surface area contributed by atoms with Gasteiger partial charge in [-0.2, -0.15) is 0 Å². The van der Waals surface area contributed by atoms with Crippen molar-refractivity contribution >= 4 is 29.1 Å². The number of piperidine rings is 1. The van der Waals surface area contributed by atoms with Gasteiger partial charge >= 0.3 is 0 Å². The number of aromatic amines is 1. The van der Waals surface area contributed by atoms with Crippen molar-refractivity contribution in [2.45, 2.75) is 24.3 Å². The number of imidazole rings is 1. The minimum absolute atomic E-state index is 0.0921. The second-order valence-corrected chi connectivity index (χ2v) is 9.34. The Labute approximate surface area is 186 Å². The zero-order chi connectivity index (χ0) is 21.3. The molecule has 1 aliphatic heterocycles. The summed E-state index contributed by atoms with van der Waals surface area (Å²) in [4.78, 5) is 21.9. The molecule has 2 heterocycles. The Morgan fingerprint density at radius 2 is 2.23 bits per heavy atom. The molecule has 1 saturated heterocycles. The highest BCUT2D eigenvalue weighted by atomic mass is 35.5. The fourth-order valence-corrected chi connectivity index (χ4v) is 5.33. The first-order valence-electron chi connectivity index (χ1n) is 10.2. The van der Waals surface area contributed by atoms with Crippen molar-refractivity contribution in [3.8, 4) is 0 Å².